The lowest BCUT2D eigenvalue weighted by molar-refractivity contribution is 0.205. The van der Waals surface area contributed by atoms with Gasteiger partial charge in [0.1, 0.15) is 6.10 Å². The lowest BCUT2D eigenvalue weighted by Crippen LogP contribution is -2.21. The fourth-order valence-electron chi connectivity index (χ4n) is 2.01. The molecule has 2 aromatic rings. The van der Waals surface area contributed by atoms with Gasteiger partial charge in [0.15, 0.2) is 0 Å². The van der Waals surface area contributed by atoms with Gasteiger partial charge in [0, 0.05) is 16.6 Å². The minimum Gasteiger partial charge on any atom is -0.382 e. The Morgan fingerprint density at radius 3 is 2.38 bits per heavy atom. The third-order valence-corrected chi connectivity index (χ3v) is 3.78. The van der Waals surface area contributed by atoms with Crippen LogP contribution >= 0.6 is 34.8 Å². The van der Waals surface area contributed by atoms with E-state index < -0.39 is 6.10 Å². The highest BCUT2D eigenvalue weighted by molar-refractivity contribution is 6.34. The summed E-state index contributed by atoms with van der Waals surface area (Å²) in [4.78, 5) is 2.03. The van der Waals surface area contributed by atoms with Crippen molar-refractivity contribution in [1.82, 2.24) is 14.7 Å². The summed E-state index contributed by atoms with van der Waals surface area (Å²) in [6.07, 6.45) is 0.598. The van der Waals surface area contributed by atoms with E-state index in [4.69, 9.17) is 34.8 Å². The number of hydrogen-bond donors (Lipinski definition) is 1. The topological polar surface area (TPSA) is 41.3 Å². The van der Waals surface area contributed by atoms with Crippen molar-refractivity contribution < 1.29 is 5.11 Å². The van der Waals surface area contributed by atoms with E-state index in [2.05, 4.69) is 5.10 Å². The number of nitrogens with zero attached hydrogens (tertiary/aromatic N) is 3. The first-order valence-electron chi connectivity index (χ1n) is 6.38. The predicted octanol–water partition coefficient (Wildman–Crippen LogP) is 3.49. The van der Waals surface area contributed by atoms with Gasteiger partial charge in [-0.2, -0.15) is 5.10 Å². The summed E-state index contributed by atoms with van der Waals surface area (Å²) in [6, 6.07) is 4.94. The highest BCUT2D eigenvalue weighted by Gasteiger charge is 2.20. The molecule has 0 saturated heterocycles. The molecule has 1 aromatic carbocycles. The van der Waals surface area contributed by atoms with Gasteiger partial charge in [-0.05, 0) is 37.9 Å². The molecule has 0 aliphatic rings. The van der Waals surface area contributed by atoms with Crippen LogP contribution in [0.25, 0.3) is 0 Å². The average molecular weight is 349 g/mol. The zero-order valence-corrected chi connectivity index (χ0v) is 14.0. The summed E-state index contributed by atoms with van der Waals surface area (Å²) in [5, 5.41) is 16.1. The molecule has 0 spiro atoms. The second kappa shape index (κ2) is 6.99. The highest BCUT2D eigenvalue weighted by Crippen LogP contribution is 2.31. The first-order chi connectivity index (χ1) is 9.88. The van der Waals surface area contributed by atoms with E-state index in [1.807, 2.05) is 19.0 Å². The normalized spacial score (nSPS) is 12.9. The van der Waals surface area contributed by atoms with Crippen molar-refractivity contribution in [3.8, 4) is 0 Å². The number of aliphatic hydroxyl groups excluding tert-OH is 1. The first-order valence-corrected chi connectivity index (χ1v) is 7.52. The number of halogens is 3. The molecule has 0 fully saturated rings. The Bertz CT molecular complexity index is 608. The van der Waals surface area contributed by atoms with Gasteiger partial charge in [-0.25, -0.2) is 0 Å². The average Bonchev–Trinajstić information content (AvgIpc) is 2.75. The van der Waals surface area contributed by atoms with Crippen molar-refractivity contribution in [2.45, 2.75) is 12.6 Å². The van der Waals surface area contributed by atoms with Gasteiger partial charge in [0.2, 0.25) is 0 Å². The smallest absolute Gasteiger partial charge is 0.122 e. The van der Waals surface area contributed by atoms with Crippen LogP contribution in [-0.4, -0.2) is 40.4 Å². The third kappa shape index (κ3) is 4.11. The number of rotatable bonds is 5. The number of likely N-dealkylation sites (N-methyl/N-ethyl adjacent to an activating group) is 1. The van der Waals surface area contributed by atoms with Gasteiger partial charge in [-0.1, -0.05) is 34.8 Å². The van der Waals surface area contributed by atoms with Crippen LogP contribution in [0.2, 0.25) is 15.1 Å². The molecule has 0 bridgehead atoms. The summed E-state index contributed by atoms with van der Waals surface area (Å²) >= 11 is 18.1. The molecule has 21 heavy (non-hydrogen) atoms. The molecule has 0 amide bonds. The molecule has 0 saturated carbocycles. The number of benzene rings is 1. The van der Waals surface area contributed by atoms with Crippen LogP contribution in [0.5, 0.6) is 0 Å². The summed E-state index contributed by atoms with van der Waals surface area (Å²) < 4.78 is 1.70. The molecule has 0 radical (unpaired) electrons. The van der Waals surface area contributed by atoms with Gasteiger partial charge in [-0.15, -0.1) is 0 Å². The SMILES string of the molecule is CN(C)CCn1ncc(Cl)c1C(O)c1cc(Cl)cc(Cl)c1. The van der Waals surface area contributed by atoms with E-state index in [1.165, 1.54) is 6.20 Å². The molecular formula is C14H16Cl3N3O. The largest absolute Gasteiger partial charge is 0.382 e. The second-order valence-corrected chi connectivity index (χ2v) is 6.29. The second-order valence-electron chi connectivity index (χ2n) is 5.01. The first kappa shape index (κ1) is 16.6. The van der Waals surface area contributed by atoms with Crippen LogP contribution in [-0.2, 0) is 6.54 Å². The molecule has 7 heteroatoms. The van der Waals surface area contributed by atoms with Gasteiger partial charge in [0.05, 0.1) is 23.5 Å². The lowest BCUT2D eigenvalue weighted by atomic mass is 10.1. The van der Waals surface area contributed by atoms with Gasteiger partial charge < -0.3 is 10.0 Å². The molecule has 0 aliphatic carbocycles. The van der Waals surface area contributed by atoms with Gasteiger partial charge in [0.25, 0.3) is 0 Å². The maximum absolute atomic E-state index is 10.6. The van der Waals surface area contributed by atoms with Crippen molar-refractivity contribution in [2.24, 2.45) is 0 Å². The number of hydrogen-bond acceptors (Lipinski definition) is 3. The summed E-state index contributed by atoms with van der Waals surface area (Å²) in [5.41, 5.74) is 1.12. The van der Waals surface area contributed by atoms with E-state index in [1.54, 1.807) is 22.9 Å². The molecule has 1 atom stereocenters. The van der Waals surface area contributed by atoms with Crippen LogP contribution in [0, 0.1) is 0 Å². The number of aromatic nitrogens is 2. The monoisotopic (exact) mass is 347 g/mol. The molecule has 2 rings (SSSR count). The molecule has 1 unspecified atom stereocenters. The molecule has 114 valence electrons. The third-order valence-electron chi connectivity index (χ3n) is 3.05. The Morgan fingerprint density at radius 1 is 1.19 bits per heavy atom. The quantitative estimate of drug-likeness (QED) is 0.899. The Morgan fingerprint density at radius 2 is 1.81 bits per heavy atom. The van der Waals surface area contributed by atoms with Crippen LogP contribution in [0.4, 0.5) is 0 Å². The van der Waals surface area contributed by atoms with Gasteiger partial charge >= 0.3 is 0 Å². The van der Waals surface area contributed by atoms with Crippen LogP contribution in [0.1, 0.15) is 17.4 Å². The summed E-state index contributed by atoms with van der Waals surface area (Å²) in [6.45, 7) is 1.41. The standard InChI is InChI=1S/C14H16Cl3N3O/c1-19(2)3-4-20-13(12(17)8-18-20)14(21)9-5-10(15)7-11(16)6-9/h5-8,14,21H,3-4H2,1-2H3. The van der Waals surface area contributed by atoms with Crippen molar-refractivity contribution in [2.75, 3.05) is 20.6 Å². The van der Waals surface area contributed by atoms with E-state index in [0.29, 0.717) is 32.9 Å². The van der Waals surface area contributed by atoms with Gasteiger partial charge in [-0.3, -0.25) is 4.68 Å². The van der Waals surface area contributed by atoms with Crippen molar-refractivity contribution in [1.29, 1.82) is 0 Å². The Balaban J connectivity index is 2.33. The van der Waals surface area contributed by atoms with E-state index in [-0.39, 0.29) is 0 Å². The molecule has 1 N–H and O–H groups in total. The highest BCUT2D eigenvalue weighted by atomic mass is 35.5. The van der Waals surface area contributed by atoms with Crippen molar-refractivity contribution in [3.05, 3.63) is 50.7 Å². The van der Waals surface area contributed by atoms with E-state index >= 15 is 0 Å². The van der Waals surface area contributed by atoms with Crippen molar-refractivity contribution in [3.63, 3.8) is 0 Å². The minimum atomic E-state index is -0.932. The van der Waals surface area contributed by atoms with Crippen LogP contribution in [0.3, 0.4) is 0 Å². The van der Waals surface area contributed by atoms with Crippen LogP contribution in [0.15, 0.2) is 24.4 Å². The maximum atomic E-state index is 10.6. The fourth-order valence-corrected chi connectivity index (χ4v) is 2.80. The predicted molar refractivity (Wildman–Crippen MR) is 86.3 cm³/mol. The fraction of sp³-hybridized carbons (Fsp3) is 0.357. The summed E-state index contributed by atoms with van der Waals surface area (Å²) in [5.74, 6) is 0. The summed E-state index contributed by atoms with van der Waals surface area (Å²) in [7, 11) is 3.94. The molecule has 1 heterocycles. The van der Waals surface area contributed by atoms with Crippen molar-refractivity contribution >= 4 is 34.8 Å². The Kier molecular flexibility index (Phi) is 5.52. The maximum Gasteiger partial charge on any atom is 0.122 e. The number of aliphatic hydroxyl groups is 1. The minimum absolute atomic E-state index is 0.414. The molecule has 0 aliphatic heterocycles. The van der Waals surface area contributed by atoms with E-state index in [0.717, 1.165) is 6.54 Å². The zero-order valence-electron chi connectivity index (χ0n) is 11.7. The zero-order chi connectivity index (χ0) is 15.6. The Hall–Kier alpha value is -0.780. The van der Waals surface area contributed by atoms with E-state index in [9.17, 15) is 5.11 Å². The van der Waals surface area contributed by atoms with Crippen LogP contribution < -0.4 is 0 Å². The Labute approximate surface area is 138 Å². The molecular weight excluding hydrogens is 333 g/mol. The molecule has 4 nitrogen and oxygen atoms in total. The lowest BCUT2D eigenvalue weighted by Gasteiger charge is -2.17. The molecule has 1 aromatic heterocycles.